The molecule has 8 nitrogen and oxygen atoms in total. The third-order valence-corrected chi connectivity index (χ3v) is 8.92. The molecule has 2 aliphatic rings. The first kappa shape index (κ1) is 21.4. The van der Waals surface area contributed by atoms with Gasteiger partial charge in [-0.1, -0.05) is 11.3 Å². The molecule has 1 saturated carbocycles. The molecule has 3 heterocycles. The molecule has 1 unspecified atom stereocenters. The largest absolute Gasteiger partial charge is 0.381 e. The highest BCUT2D eigenvalue weighted by atomic mass is 32.2. The minimum atomic E-state index is -3.45. The summed E-state index contributed by atoms with van der Waals surface area (Å²) in [5.74, 6) is -0.133. The summed E-state index contributed by atoms with van der Waals surface area (Å²) >= 11 is 0.748. The molecule has 2 fully saturated rings. The number of ether oxygens (including phenoxy) is 1. The van der Waals surface area contributed by atoms with Gasteiger partial charge in [-0.25, -0.2) is 13.4 Å². The third-order valence-electron chi connectivity index (χ3n) is 5.71. The fraction of sp³-hybridized carbons (Fsp3) is 0.632. The highest BCUT2D eigenvalue weighted by Crippen LogP contribution is 2.37. The molecule has 30 heavy (non-hydrogen) atoms. The van der Waals surface area contributed by atoms with Crippen LogP contribution in [0.5, 0.6) is 0 Å². The molecule has 0 radical (unpaired) electrons. The van der Waals surface area contributed by atoms with Crippen molar-refractivity contribution in [1.82, 2.24) is 14.8 Å². The van der Waals surface area contributed by atoms with Crippen LogP contribution in [-0.2, 0) is 19.4 Å². The summed E-state index contributed by atoms with van der Waals surface area (Å²) in [7, 11) is -3.45. The van der Waals surface area contributed by atoms with Crippen LogP contribution in [0.1, 0.15) is 49.5 Å². The molecule has 164 valence electrons. The van der Waals surface area contributed by atoms with Gasteiger partial charge in [-0.15, -0.1) is 0 Å². The number of nitrogens with zero attached hydrogens (tertiary/aromatic N) is 3. The van der Waals surface area contributed by atoms with Crippen molar-refractivity contribution in [2.24, 2.45) is 5.92 Å². The van der Waals surface area contributed by atoms with Gasteiger partial charge in [0.25, 0.3) is 5.91 Å². The van der Waals surface area contributed by atoms with Gasteiger partial charge in [0.05, 0.1) is 22.8 Å². The van der Waals surface area contributed by atoms with Crippen molar-refractivity contribution >= 4 is 32.2 Å². The van der Waals surface area contributed by atoms with Crippen molar-refractivity contribution in [3.05, 3.63) is 22.7 Å². The summed E-state index contributed by atoms with van der Waals surface area (Å²) in [5.41, 5.74) is 0.876. The van der Waals surface area contributed by atoms with Crippen LogP contribution in [0.4, 0.5) is 9.52 Å². The molecule has 1 N–H and O–H groups in total. The number of hydrogen-bond donors (Lipinski definition) is 1. The second kappa shape index (κ2) is 8.35. The predicted molar refractivity (Wildman–Crippen MR) is 110 cm³/mol. The highest BCUT2D eigenvalue weighted by molar-refractivity contribution is 7.92. The molecular weight excluding hydrogens is 431 g/mol. The Bertz CT molecular complexity index is 1040. The highest BCUT2D eigenvalue weighted by Gasteiger charge is 2.41. The summed E-state index contributed by atoms with van der Waals surface area (Å²) in [6.07, 6.45) is 4.51. The quantitative estimate of drug-likeness (QED) is 0.687. The molecule has 0 aromatic carbocycles. The molecule has 11 heteroatoms. The Morgan fingerprint density at radius 3 is 2.63 bits per heavy atom. The van der Waals surface area contributed by atoms with E-state index in [9.17, 15) is 17.6 Å². The Labute approximate surface area is 178 Å². The fourth-order valence-electron chi connectivity index (χ4n) is 4.02. The van der Waals surface area contributed by atoms with Crippen molar-refractivity contribution in [1.29, 1.82) is 0 Å². The molecular formula is C19H25FN4O4S2. The van der Waals surface area contributed by atoms with Crippen LogP contribution in [-0.4, -0.2) is 47.6 Å². The summed E-state index contributed by atoms with van der Waals surface area (Å²) in [4.78, 5) is 17.2. The second-order valence-corrected chi connectivity index (χ2v) is 11.1. The number of anilines is 1. The van der Waals surface area contributed by atoms with Crippen LogP contribution in [0, 0.1) is 24.9 Å². The monoisotopic (exact) mass is 456 g/mol. The Morgan fingerprint density at radius 1 is 1.33 bits per heavy atom. The Morgan fingerprint density at radius 2 is 2.03 bits per heavy atom. The minimum Gasteiger partial charge on any atom is -0.381 e. The Balaban J connectivity index is 1.67. The zero-order valence-electron chi connectivity index (χ0n) is 16.9. The number of nitrogens with one attached hydrogen (secondary N) is 1. The predicted octanol–water partition coefficient (Wildman–Crippen LogP) is 3.03. The van der Waals surface area contributed by atoms with E-state index in [1.165, 1.54) is 4.68 Å². The Hall–Kier alpha value is -1.85. The Kier molecular flexibility index (Phi) is 5.95. The molecule has 1 aliphatic heterocycles. The normalized spacial score (nSPS) is 19.0. The number of halogens is 1. The summed E-state index contributed by atoms with van der Waals surface area (Å²) in [5, 5.41) is 6.47. The van der Waals surface area contributed by atoms with E-state index < -0.39 is 21.0 Å². The van der Waals surface area contributed by atoms with Gasteiger partial charge in [0, 0.05) is 13.2 Å². The lowest BCUT2D eigenvalue weighted by atomic mass is 9.92. The number of aryl methyl sites for hydroxylation is 1. The van der Waals surface area contributed by atoms with Crippen LogP contribution >= 0.6 is 11.3 Å². The molecule has 1 aliphatic carbocycles. The van der Waals surface area contributed by atoms with E-state index in [-0.39, 0.29) is 27.1 Å². The molecule has 1 atom stereocenters. The van der Waals surface area contributed by atoms with Gasteiger partial charge < -0.3 is 10.1 Å². The van der Waals surface area contributed by atoms with Gasteiger partial charge >= 0.3 is 0 Å². The van der Waals surface area contributed by atoms with E-state index in [1.54, 1.807) is 13.8 Å². The van der Waals surface area contributed by atoms with E-state index in [2.05, 4.69) is 15.4 Å². The smallest absolute Gasteiger partial charge is 0.251 e. The average molecular weight is 457 g/mol. The lowest BCUT2D eigenvalue weighted by Crippen LogP contribution is -2.31. The summed E-state index contributed by atoms with van der Waals surface area (Å²) in [6, 6.07) is -0.720. The number of sulfone groups is 1. The van der Waals surface area contributed by atoms with E-state index in [0.29, 0.717) is 43.9 Å². The summed E-state index contributed by atoms with van der Waals surface area (Å²) in [6.45, 7) is 4.63. The molecule has 1 amide bonds. The lowest BCUT2D eigenvalue weighted by molar-refractivity contribution is -0.120. The van der Waals surface area contributed by atoms with E-state index in [4.69, 9.17) is 4.74 Å². The zero-order valence-corrected chi connectivity index (χ0v) is 18.6. The van der Waals surface area contributed by atoms with Crippen molar-refractivity contribution in [3.8, 4) is 0 Å². The molecule has 2 aromatic rings. The van der Waals surface area contributed by atoms with Crippen LogP contribution in [0.15, 0.2) is 11.1 Å². The van der Waals surface area contributed by atoms with Crippen molar-refractivity contribution < 1.29 is 22.3 Å². The maximum Gasteiger partial charge on any atom is 0.251 e. The van der Waals surface area contributed by atoms with E-state index in [1.807, 2.05) is 0 Å². The third kappa shape index (κ3) is 4.28. The number of carbonyl (C=O) groups excluding carboxylic acids is 1. The van der Waals surface area contributed by atoms with Gasteiger partial charge in [-0.2, -0.15) is 9.49 Å². The van der Waals surface area contributed by atoms with Crippen molar-refractivity contribution in [3.63, 3.8) is 0 Å². The second-order valence-electron chi connectivity index (χ2n) is 7.95. The zero-order chi connectivity index (χ0) is 21.5. The molecule has 0 spiro atoms. The van der Waals surface area contributed by atoms with Gasteiger partial charge in [-0.3, -0.25) is 9.48 Å². The van der Waals surface area contributed by atoms with Crippen molar-refractivity contribution in [2.75, 3.05) is 18.5 Å². The number of amides is 1. The summed E-state index contributed by atoms with van der Waals surface area (Å²) < 4.78 is 46.1. The topological polar surface area (TPSA) is 103 Å². The molecule has 1 saturated heterocycles. The number of hydrogen-bond acceptors (Lipinski definition) is 7. The lowest BCUT2D eigenvalue weighted by Gasteiger charge is -2.27. The first-order chi connectivity index (χ1) is 14.3. The number of carbonyl (C=O) groups is 1. The average Bonchev–Trinajstić information content (AvgIpc) is 3.43. The molecule has 4 rings (SSSR count). The first-order valence-electron chi connectivity index (χ1n) is 10.1. The van der Waals surface area contributed by atoms with Gasteiger partial charge in [0.2, 0.25) is 0 Å². The molecule has 2 aromatic heterocycles. The number of aromatic nitrogens is 3. The van der Waals surface area contributed by atoms with Crippen LogP contribution < -0.4 is 5.32 Å². The fourth-order valence-corrected chi connectivity index (χ4v) is 6.62. The van der Waals surface area contributed by atoms with Crippen molar-refractivity contribution in [2.45, 2.75) is 62.1 Å². The first-order valence-corrected chi connectivity index (χ1v) is 12.4. The van der Waals surface area contributed by atoms with Crippen LogP contribution in [0.25, 0.3) is 0 Å². The van der Waals surface area contributed by atoms with Gasteiger partial charge in [0.1, 0.15) is 10.9 Å². The maximum absolute atomic E-state index is 13.3. The van der Waals surface area contributed by atoms with Crippen LogP contribution in [0.3, 0.4) is 0 Å². The molecule has 0 bridgehead atoms. The maximum atomic E-state index is 13.3. The van der Waals surface area contributed by atoms with E-state index >= 15 is 0 Å². The van der Waals surface area contributed by atoms with Gasteiger partial charge in [0.15, 0.2) is 20.1 Å². The standard InChI is InChI=1S/C19H25FN4O4S2/c1-11-17(30(26,27)14-3-4-14)12(2)24(23-11)15(9-13-5-7-28-8-6-13)18(25)22-19-21-10-16(20)29-19/h10,13-15H,3-9H2,1-2H3,(H,21,22,25). The van der Waals surface area contributed by atoms with E-state index in [0.717, 1.165) is 30.4 Å². The SMILES string of the molecule is Cc1nn(C(CC2CCOCC2)C(=O)Nc2ncc(F)s2)c(C)c1S(=O)(=O)C1CC1. The van der Waals surface area contributed by atoms with Gasteiger partial charge in [-0.05, 0) is 51.9 Å². The number of rotatable bonds is 7. The minimum absolute atomic E-state index is 0.168. The van der Waals surface area contributed by atoms with Crippen LogP contribution in [0.2, 0.25) is 0 Å². The number of thiazole rings is 1.